The van der Waals surface area contributed by atoms with E-state index in [1.165, 1.54) is 0 Å². The second-order valence-electron chi connectivity index (χ2n) is 13.2. The van der Waals surface area contributed by atoms with Crippen molar-refractivity contribution in [1.82, 2.24) is 0 Å². The Labute approximate surface area is 330 Å². The minimum absolute atomic E-state index is 0.231. The van der Waals surface area contributed by atoms with Gasteiger partial charge in [-0.05, 0) is 84.6 Å². The molecule has 0 heterocycles. The average Bonchev–Trinajstić information content (AvgIpc) is 3.25. The monoisotopic (exact) mass is 766 g/mol. The van der Waals surface area contributed by atoms with Crippen molar-refractivity contribution in [2.24, 2.45) is 0 Å². The number of hydrogen-bond donors (Lipinski definition) is 0. The number of ether oxygens (including phenoxy) is 2. The van der Waals surface area contributed by atoms with Gasteiger partial charge in [0, 0.05) is 21.7 Å². The van der Waals surface area contributed by atoms with Crippen LogP contribution in [-0.4, -0.2) is 25.2 Å². The molecular formula is C50H40O4P2. The van der Waals surface area contributed by atoms with Crippen molar-refractivity contribution in [2.75, 3.05) is 13.2 Å². The van der Waals surface area contributed by atoms with Gasteiger partial charge in [-0.1, -0.05) is 170 Å². The van der Waals surface area contributed by atoms with Crippen molar-refractivity contribution in [3.8, 4) is 11.1 Å². The van der Waals surface area contributed by atoms with Gasteiger partial charge in [0.2, 0.25) is 0 Å². The van der Waals surface area contributed by atoms with Gasteiger partial charge in [-0.15, -0.1) is 0 Å². The molecule has 0 unspecified atom stereocenters. The summed E-state index contributed by atoms with van der Waals surface area (Å²) in [7, 11) is -2.73. The Morgan fingerprint density at radius 1 is 0.411 bits per heavy atom. The molecule has 0 fully saturated rings. The highest BCUT2D eigenvalue weighted by Crippen LogP contribution is 2.47. The average molecular weight is 767 g/mol. The Kier molecular flexibility index (Phi) is 11.1. The molecule has 6 heteroatoms. The van der Waals surface area contributed by atoms with Crippen LogP contribution in [0.5, 0.6) is 0 Å². The lowest BCUT2D eigenvalue weighted by atomic mass is 9.90. The zero-order valence-electron chi connectivity index (χ0n) is 31.3. The van der Waals surface area contributed by atoms with Crippen LogP contribution in [0.3, 0.4) is 0 Å². The molecule has 0 aliphatic rings. The summed E-state index contributed by atoms with van der Waals surface area (Å²) in [6.07, 6.45) is 0. The lowest BCUT2D eigenvalue weighted by Gasteiger charge is -2.31. The third-order valence-electron chi connectivity index (χ3n) is 9.79. The number of hydrogen-bond acceptors (Lipinski definition) is 4. The predicted octanol–water partition coefficient (Wildman–Crippen LogP) is 9.53. The minimum atomic E-state index is -1.36. The fourth-order valence-corrected chi connectivity index (χ4v) is 12.7. The van der Waals surface area contributed by atoms with Crippen molar-refractivity contribution < 1.29 is 19.1 Å². The normalized spacial score (nSPS) is 11.3. The van der Waals surface area contributed by atoms with Crippen molar-refractivity contribution in [3.05, 3.63) is 193 Å². The van der Waals surface area contributed by atoms with E-state index < -0.39 is 15.8 Å². The number of esters is 2. The first kappa shape index (κ1) is 37.0. The van der Waals surface area contributed by atoms with E-state index in [4.69, 9.17) is 9.47 Å². The van der Waals surface area contributed by atoms with Crippen LogP contribution in [0.25, 0.3) is 32.7 Å². The van der Waals surface area contributed by atoms with E-state index in [1.807, 2.05) is 62.4 Å². The Morgan fingerprint density at radius 2 is 0.696 bits per heavy atom. The first-order valence-electron chi connectivity index (χ1n) is 18.9. The van der Waals surface area contributed by atoms with Gasteiger partial charge < -0.3 is 9.47 Å². The van der Waals surface area contributed by atoms with Gasteiger partial charge in [0.05, 0.1) is 24.3 Å². The molecule has 0 aliphatic carbocycles. The van der Waals surface area contributed by atoms with Crippen molar-refractivity contribution >= 4 is 81.2 Å². The van der Waals surface area contributed by atoms with E-state index in [9.17, 15) is 9.59 Å². The molecule has 0 radical (unpaired) electrons. The highest BCUT2D eigenvalue weighted by Gasteiger charge is 2.34. The highest BCUT2D eigenvalue weighted by molar-refractivity contribution is 7.81. The summed E-state index contributed by atoms with van der Waals surface area (Å²) in [5, 5.41) is 9.94. The number of carbonyl (C=O) groups excluding carboxylic acids is 2. The zero-order valence-corrected chi connectivity index (χ0v) is 33.1. The molecule has 8 aromatic carbocycles. The largest absolute Gasteiger partial charge is 0.462 e. The van der Waals surface area contributed by atoms with Crippen molar-refractivity contribution in [1.29, 1.82) is 0 Å². The molecule has 274 valence electrons. The Morgan fingerprint density at radius 3 is 1.00 bits per heavy atom. The molecule has 4 nitrogen and oxygen atoms in total. The first-order chi connectivity index (χ1) is 27.6. The van der Waals surface area contributed by atoms with Gasteiger partial charge in [-0.2, -0.15) is 0 Å². The summed E-state index contributed by atoms with van der Waals surface area (Å²) in [6, 6.07) is 62.4. The number of rotatable bonds is 11. The number of carbonyl (C=O) groups is 2. The van der Waals surface area contributed by atoms with E-state index in [1.54, 1.807) is 0 Å². The molecule has 0 atom stereocenters. The molecule has 0 amide bonds. The van der Waals surface area contributed by atoms with Crippen LogP contribution in [0, 0.1) is 0 Å². The molecule has 0 aromatic heterocycles. The Balaban J connectivity index is 1.65. The minimum Gasteiger partial charge on any atom is -0.462 e. The van der Waals surface area contributed by atoms with Gasteiger partial charge in [-0.3, -0.25) is 0 Å². The van der Waals surface area contributed by atoms with Gasteiger partial charge in [0.15, 0.2) is 0 Å². The van der Waals surface area contributed by atoms with Crippen LogP contribution in [0.1, 0.15) is 34.6 Å². The summed E-state index contributed by atoms with van der Waals surface area (Å²) >= 11 is 0. The third-order valence-corrected chi connectivity index (χ3v) is 14.9. The molecule has 8 aromatic rings. The molecule has 8 rings (SSSR count). The topological polar surface area (TPSA) is 52.6 Å². The van der Waals surface area contributed by atoms with Gasteiger partial charge in [0.25, 0.3) is 0 Å². The molecular weight excluding hydrogens is 726 g/mol. The van der Waals surface area contributed by atoms with Crippen LogP contribution in [0.2, 0.25) is 0 Å². The van der Waals surface area contributed by atoms with Crippen LogP contribution in [0.4, 0.5) is 0 Å². The van der Waals surface area contributed by atoms with E-state index in [-0.39, 0.29) is 25.2 Å². The molecule has 0 saturated carbocycles. The Hall–Kier alpha value is -5.92. The van der Waals surface area contributed by atoms with E-state index in [0.29, 0.717) is 11.1 Å². The van der Waals surface area contributed by atoms with E-state index in [0.717, 1.165) is 64.5 Å². The molecule has 0 saturated heterocycles. The Bertz CT molecular complexity index is 2380. The predicted molar refractivity (Wildman–Crippen MR) is 236 cm³/mol. The first-order valence-corrected chi connectivity index (χ1v) is 21.5. The summed E-state index contributed by atoms with van der Waals surface area (Å²) in [4.78, 5) is 29.1. The smallest absolute Gasteiger partial charge is 0.338 e. The van der Waals surface area contributed by atoms with Crippen LogP contribution in [0.15, 0.2) is 182 Å². The highest BCUT2D eigenvalue weighted by atomic mass is 31.1. The summed E-state index contributed by atoms with van der Waals surface area (Å²) in [6.45, 7) is 4.15. The second kappa shape index (κ2) is 16.8. The van der Waals surface area contributed by atoms with Crippen molar-refractivity contribution in [2.45, 2.75) is 13.8 Å². The van der Waals surface area contributed by atoms with Gasteiger partial charge in [-0.25, -0.2) is 9.59 Å². The van der Waals surface area contributed by atoms with E-state index >= 15 is 0 Å². The quantitative estimate of drug-likeness (QED) is 0.0973. The standard InChI is InChI=1S/C50H40O4P2/c1-3-53-49(51)43-33-35-21-17-19-31-41(35)45(47(43)55(37-23-9-5-10-24-37)38-25-11-6-12-26-38)46-42-32-20-18-22-36(42)34-44(50(52)54-4-2)48(46)56(39-27-13-7-14-28-39)40-29-15-8-16-30-40/h5-34H,3-4H2,1-2H3. The summed E-state index contributed by atoms with van der Waals surface area (Å²) < 4.78 is 11.9. The van der Waals surface area contributed by atoms with Gasteiger partial charge in [0.1, 0.15) is 0 Å². The molecule has 0 N–H and O–H groups in total. The second-order valence-corrected chi connectivity index (χ2v) is 17.5. The fourth-order valence-electron chi connectivity index (χ4n) is 7.50. The molecule has 0 aliphatic heterocycles. The SMILES string of the molecule is CCOC(=O)c1cc2ccccc2c(-c2c(P(c3ccccc3)c3ccccc3)c(C(=O)OCC)cc3ccccc23)c1P(c1ccccc1)c1ccccc1. The number of benzene rings is 8. The molecule has 0 bridgehead atoms. The zero-order chi connectivity index (χ0) is 38.4. The maximum Gasteiger partial charge on any atom is 0.338 e. The van der Waals surface area contributed by atoms with Gasteiger partial charge >= 0.3 is 11.9 Å². The van der Waals surface area contributed by atoms with Crippen molar-refractivity contribution in [3.63, 3.8) is 0 Å². The lowest BCUT2D eigenvalue weighted by Crippen LogP contribution is -2.31. The molecule has 0 spiro atoms. The molecule has 56 heavy (non-hydrogen) atoms. The van der Waals surface area contributed by atoms with Crippen LogP contribution >= 0.6 is 15.8 Å². The third kappa shape index (κ3) is 7.15. The summed E-state index contributed by atoms with van der Waals surface area (Å²) in [5.41, 5.74) is 2.86. The lowest BCUT2D eigenvalue weighted by molar-refractivity contribution is 0.0518. The maximum atomic E-state index is 14.6. The summed E-state index contributed by atoms with van der Waals surface area (Å²) in [5.74, 6) is -0.760. The number of fused-ring (bicyclic) bond motifs is 2. The van der Waals surface area contributed by atoms with E-state index in [2.05, 4.69) is 133 Å². The maximum absolute atomic E-state index is 14.6. The van der Waals surface area contributed by atoms with Crippen LogP contribution < -0.4 is 31.8 Å². The van der Waals surface area contributed by atoms with Crippen LogP contribution in [-0.2, 0) is 9.47 Å². The fraction of sp³-hybridized carbons (Fsp3) is 0.0800.